The third-order valence-corrected chi connectivity index (χ3v) is 4.02. The second-order valence-corrected chi connectivity index (χ2v) is 7.16. The summed E-state index contributed by atoms with van der Waals surface area (Å²) in [4.78, 5) is 26.1. The van der Waals surface area contributed by atoms with E-state index in [2.05, 4.69) is 20.3 Å². The summed E-state index contributed by atoms with van der Waals surface area (Å²) in [5, 5.41) is 3.30. The van der Waals surface area contributed by atoms with Crippen LogP contribution in [0.25, 0.3) is 11.2 Å². The molecule has 1 aliphatic rings. The van der Waals surface area contributed by atoms with Crippen LogP contribution in [0, 0.1) is 0 Å². The van der Waals surface area contributed by atoms with Gasteiger partial charge in [-0.15, -0.1) is 0 Å². The van der Waals surface area contributed by atoms with Gasteiger partial charge in [0, 0.05) is 19.3 Å². The molecular formula is C17H25N5O2. The van der Waals surface area contributed by atoms with Crippen molar-refractivity contribution in [3.05, 3.63) is 18.3 Å². The second kappa shape index (κ2) is 6.67. The predicted octanol–water partition coefficient (Wildman–Crippen LogP) is 3.16. The Hall–Kier alpha value is -2.31. The number of carbonyl (C=O) groups is 1. The molecule has 0 aliphatic carbocycles. The van der Waals surface area contributed by atoms with Crippen molar-refractivity contribution in [2.45, 2.75) is 51.7 Å². The Bertz CT molecular complexity index is 673. The molecule has 0 spiro atoms. The standard InChI is InChI=1S/C17H25N5O2/c1-17(2,3)24-16(23)22-10-5-4-7-12(22)11-19-15-20-13-8-6-9-18-14(13)21-15/h6,8-9,12H,4-5,7,10-11H2,1-3H3,(H2,18,19,20,21). The first-order valence-corrected chi connectivity index (χ1v) is 8.46. The highest BCUT2D eigenvalue weighted by Crippen LogP contribution is 2.21. The van der Waals surface area contributed by atoms with E-state index in [0.717, 1.165) is 31.3 Å². The fourth-order valence-electron chi connectivity index (χ4n) is 2.92. The molecule has 7 heteroatoms. The van der Waals surface area contributed by atoms with Crippen LogP contribution in [0.5, 0.6) is 0 Å². The maximum absolute atomic E-state index is 12.4. The Balaban J connectivity index is 1.64. The first-order valence-electron chi connectivity index (χ1n) is 8.46. The fraction of sp³-hybridized carbons (Fsp3) is 0.588. The van der Waals surface area contributed by atoms with Gasteiger partial charge in [0.05, 0.1) is 11.6 Å². The smallest absolute Gasteiger partial charge is 0.410 e. The van der Waals surface area contributed by atoms with Crippen molar-refractivity contribution in [1.29, 1.82) is 0 Å². The first kappa shape index (κ1) is 16.5. The summed E-state index contributed by atoms with van der Waals surface area (Å²) in [6.07, 6.45) is 4.58. The van der Waals surface area contributed by atoms with Crippen molar-refractivity contribution in [1.82, 2.24) is 19.9 Å². The number of anilines is 1. The van der Waals surface area contributed by atoms with E-state index in [4.69, 9.17) is 4.74 Å². The lowest BCUT2D eigenvalue weighted by Gasteiger charge is -2.36. The SMILES string of the molecule is CC(C)(C)OC(=O)N1CCCCC1CNc1nc2ncccc2[nH]1. The summed E-state index contributed by atoms with van der Waals surface area (Å²) in [6, 6.07) is 3.92. The summed E-state index contributed by atoms with van der Waals surface area (Å²) in [5.41, 5.74) is 1.11. The Labute approximate surface area is 141 Å². The lowest BCUT2D eigenvalue weighted by molar-refractivity contribution is 0.0114. The van der Waals surface area contributed by atoms with Crippen molar-refractivity contribution in [2.24, 2.45) is 0 Å². The molecule has 7 nitrogen and oxygen atoms in total. The van der Waals surface area contributed by atoms with Gasteiger partial charge in [-0.3, -0.25) is 0 Å². The van der Waals surface area contributed by atoms with Gasteiger partial charge in [0.1, 0.15) is 5.60 Å². The number of fused-ring (bicyclic) bond motifs is 1. The average Bonchev–Trinajstić information content (AvgIpc) is 2.94. The second-order valence-electron chi connectivity index (χ2n) is 7.16. The van der Waals surface area contributed by atoms with Crippen molar-refractivity contribution < 1.29 is 9.53 Å². The lowest BCUT2D eigenvalue weighted by Crippen LogP contribution is -2.48. The zero-order valence-corrected chi connectivity index (χ0v) is 14.5. The maximum atomic E-state index is 12.4. The Morgan fingerprint density at radius 1 is 1.46 bits per heavy atom. The maximum Gasteiger partial charge on any atom is 0.410 e. The van der Waals surface area contributed by atoms with Gasteiger partial charge in [0.2, 0.25) is 5.95 Å². The molecule has 0 saturated carbocycles. The van der Waals surface area contributed by atoms with E-state index in [-0.39, 0.29) is 12.1 Å². The monoisotopic (exact) mass is 331 g/mol. The molecule has 1 atom stereocenters. The van der Waals surface area contributed by atoms with E-state index in [0.29, 0.717) is 18.1 Å². The summed E-state index contributed by atoms with van der Waals surface area (Å²) >= 11 is 0. The fourth-order valence-corrected chi connectivity index (χ4v) is 2.92. The number of carbonyl (C=O) groups excluding carboxylic acids is 1. The summed E-state index contributed by atoms with van der Waals surface area (Å²) < 4.78 is 5.53. The molecule has 0 bridgehead atoms. The van der Waals surface area contributed by atoms with Crippen molar-refractivity contribution in [3.8, 4) is 0 Å². The number of aromatic amines is 1. The highest BCUT2D eigenvalue weighted by molar-refractivity contribution is 5.73. The van der Waals surface area contributed by atoms with Crippen LogP contribution in [0.1, 0.15) is 40.0 Å². The van der Waals surface area contributed by atoms with Crippen molar-refractivity contribution in [2.75, 3.05) is 18.4 Å². The van der Waals surface area contributed by atoms with Gasteiger partial charge in [-0.1, -0.05) is 0 Å². The number of amides is 1. The van der Waals surface area contributed by atoms with Crippen LogP contribution in [-0.4, -0.2) is 50.7 Å². The number of pyridine rings is 1. The number of H-pyrrole nitrogens is 1. The molecule has 1 aliphatic heterocycles. The van der Waals surface area contributed by atoms with Crippen LogP contribution in [0.3, 0.4) is 0 Å². The average molecular weight is 331 g/mol. The van der Waals surface area contributed by atoms with Gasteiger partial charge in [-0.05, 0) is 52.2 Å². The van der Waals surface area contributed by atoms with Crippen LogP contribution >= 0.6 is 0 Å². The number of nitrogens with one attached hydrogen (secondary N) is 2. The number of hydrogen-bond donors (Lipinski definition) is 2. The van der Waals surface area contributed by atoms with E-state index in [1.54, 1.807) is 6.20 Å². The lowest BCUT2D eigenvalue weighted by atomic mass is 10.0. The molecule has 3 heterocycles. The van der Waals surface area contributed by atoms with Crippen LogP contribution < -0.4 is 5.32 Å². The minimum Gasteiger partial charge on any atom is -0.444 e. The third kappa shape index (κ3) is 3.96. The van der Waals surface area contributed by atoms with E-state index in [1.807, 2.05) is 37.8 Å². The molecule has 0 aromatic carbocycles. The topological polar surface area (TPSA) is 83.1 Å². The quantitative estimate of drug-likeness (QED) is 0.902. The predicted molar refractivity (Wildman–Crippen MR) is 93.0 cm³/mol. The number of piperidine rings is 1. The van der Waals surface area contributed by atoms with Crippen LogP contribution in [0.2, 0.25) is 0 Å². The largest absolute Gasteiger partial charge is 0.444 e. The zero-order chi connectivity index (χ0) is 17.2. The number of imidazole rings is 1. The van der Waals surface area contributed by atoms with Gasteiger partial charge in [0.15, 0.2) is 5.65 Å². The van der Waals surface area contributed by atoms with Crippen LogP contribution in [-0.2, 0) is 4.74 Å². The molecule has 130 valence electrons. The number of ether oxygens (including phenoxy) is 1. The summed E-state index contributed by atoms with van der Waals surface area (Å²) in [6.45, 7) is 7.05. The van der Waals surface area contributed by atoms with Gasteiger partial charge >= 0.3 is 6.09 Å². The summed E-state index contributed by atoms with van der Waals surface area (Å²) in [7, 11) is 0. The molecule has 24 heavy (non-hydrogen) atoms. The van der Waals surface area contributed by atoms with E-state index >= 15 is 0 Å². The van der Waals surface area contributed by atoms with Crippen LogP contribution in [0.15, 0.2) is 18.3 Å². The van der Waals surface area contributed by atoms with Crippen molar-refractivity contribution >= 4 is 23.2 Å². The Morgan fingerprint density at radius 3 is 3.04 bits per heavy atom. The first-order chi connectivity index (χ1) is 11.4. The number of rotatable bonds is 3. The third-order valence-electron chi connectivity index (χ3n) is 4.02. The van der Waals surface area contributed by atoms with Crippen LogP contribution in [0.4, 0.5) is 10.7 Å². The summed E-state index contributed by atoms with van der Waals surface area (Å²) in [5.74, 6) is 0.679. The van der Waals surface area contributed by atoms with E-state index < -0.39 is 5.60 Å². The number of nitrogens with zero attached hydrogens (tertiary/aromatic N) is 3. The van der Waals surface area contributed by atoms with Gasteiger partial charge in [-0.2, -0.15) is 4.98 Å². The molecule has 1 saturated heterocycles. The minimum atomic E-state index is -0.475. The molecule has 2 N–H and O–H groups in total. The molecule has 2 aromatic heterocycles. The minimum absolute atomic E-state index is 0.106. The molecule has 0 radical (unpaired) electrons. The molecule has 1 amide bonds. The normalized spacial score (nSPS) is 18.6. The Morgan fingerprint density at radius 2 is 2.29 bits per heavy atom. The van der Waals surface area contributed by atoms with Gasteiger partial charge in [-0.25, -0.2) is 9.78 Å². The zero-order valence-electron chi connectivity index (χ0n) is 14.5. The molecule has 2 aromatic rings. The number of aromatic nitrogens is 3. The molecule has 1 unspecified atom stereocenters. The number of likely N-dealkylation sites (tertiary alicyclic amines) is 1. The van der Waals surface area contributed by atoms with E-state index in [1.165, 1.54) is 0 Å². The van der Waals surface area contributed by atoms with Gasteiger partial charge in [0.25, 0.3) is 0 Å². The number of hydrogen-bond acceptors (Lipinski definition) is 5. The molecule has 3 rings (SSSR count). The molecule has 1 fully saturated rings. The highest BCUT2D eigenvalue weighted by atomic mass is 16.6. The van der Waals surface area contributed by atoms with E-state index in [9.17, 15) is 4.79 Å². The molecular weight excluding hydrogens is 306 g/mol. The van der Waals surface area contributed by atoms with Crippen molar-refractivity contribution in [3.63, 3.8) is 0 Å². The Kier molecular flexibility index (Phi) is 4.59. The van der Waals surface area contributed by atoms with Gasteiger partial charge < -0.3 is 19.9 Å². The highest BCUT2D eigenvalue weighted by Gasteiger charge is 2.30.